The van der Waals surface area contributed by atoms with Crippen LogP contribution in [0.5, 0.6) is 5.75 Å². The van der Waals surface area contributed by atoms with Gasteiger partial charge in [0.25, 0.3) is 0 Å². The van der Waals surface area contributed by atoms with Crippen LogP contribution in [0.25, 0.3) is 0 Å². The summed E-state index contributed by atoms with van der Waals surface area (Å²) in [6.07, 6.45) is 0.134. The summed E-state index contributed by atoms with van der Waals surface area (Å²) in [5, 5.41) is 14.7. The summed E-state index contributed by atoms with van der Waals surface area (Å²) in [6.45, 7) is 5.95. The highest BCUT2D eigenvalue weighted by Gasteiger charge is 2.13. The molecule has 0 saturated carbocycles. The van der Waals surface area contributed by atoms with Crippen molar-refractivity contribution in [2.75, 3.05) is 17.7 Å². The van der Waals surface area contributed by atoms with E-state index < -0.39 is 0 Å². The Kier molecular flexibility index (Phi) is 6.46. The zero-order chi connectivity index (χ0) is 18.4. The number of hydrogen-bond acceptors (Lipinski definition) is 6. The van der Waals surface area contributed by atoms with Crippen LogP contribution in [0.3, 0.4) is 0 Å². The van der Waals surface area contributed by atoms with Gasteiger partial charge in [0, 0.05) is 18.8 Å². The van der Waals surface area contributed by atoms with Crippen molar-refractivity contribution in [3.63, 3.8) is 0 Å². The molecule has 2 amide bonds. The standard InChI is InChI=1S/C17H22N4O3S/c1-10(2)16-20-21-17(25-16)19-15(23)8-7-14(22)18-12-9-11(3)5-6-13(12)24-4/h5-6,9-10H,7-8H2,1-4H3,(H,18,22)(H,19,21,23). The van der Waals surface area contributed by atoms with Crippen LogP contribution in [-0.2, 0) is 9.59 Å². The lowest BCUT2D eigenvalue weighted by molar-refractivity contribution is -0.121. The van der Waals surface area contributed by atoms with E-state index in [1.54, 1.807) is 13.2 Å². The lowest BCUT2D eigenvalue weighted by Gasteiger charge is -2.10. The van der Waals surface area contributed by atoms with Gasteiger partial charge in [-0.15, -0.1) is 10.2 Å². The Hall–Kier alpha value is -2.48. The Morgan fingerprint density at radius 2 is 1.84 bits per heavy atom. The molecule has 0 fully saturated rings. The second kappa shape index (κ2) is 8.57. The van der Waals surface area contributed by atoms with E-state index in [0.29, 0.717) is 16.6 Å². The number of nitrogens with zero attached hydrogens (tertiary/aromatic N) is 2. The van der Waals surface area contributed by atoms with Gasteiger partial charge < -0.3 is 15.4 Å². The van der Waals surface area contributed by atoms with E-state index in [-0.39, 0.29) is 30.6 Å². The SMILES string of the molecule is COc1ccc(C)cc1NC(=O)CCC(=O)Nc1nnc(C(C)C)s1. The highest BCUT2D eigenvalue weighted by Crippen LogP contribution is 2.25. The predicted molar refractivity (Wildman–Crippen MR) is 98.2 cm³/mol. The number of ether oxygens (including phenoxy) is 1. The molecule has 0 aliphatic carbocycles. The third-order valence-electron chi connectivity index (χ3n) is 3.39. The first-order chi connectivity index (χ1) is 11.9. The number of aromatic nitrogens is 2. The molecule has 0 atom stereocenters. The van der Waals surface area contributed by atoms with E-state index >= 15 is 0 Å². The third kappa shape index (κ3) is 5.53. The fourth-order valence-electron chi connectivity index (χ4n) is 2.06. The third-order valence-corrected chi connectivity index (χ3v) is 4.53. The molecule has 0 saturated heterocycles. The number of anilines is 2. The molecule has 7 nitrogen and oxygen atoms in total. The van der Waals surface area contributed by atoms with Crippen LogP contribution in [0.4, 0.5) is 10.8 Å². The zero-order valence-electron chi connectivity index (χ0n) is 14.8. The number of hydrogen-bond donors (Lipinski definition) is 2. The summed E-state index contributed by atoms with van der Waals surface area (Å²) >= 11 is 1.34. The van der Waals surface area contributed by atoms with E-state index in [1.165, 1.54) is 11.3 Å². The molecule has 0 bridgehead atoms. The molecule has 2 N–H and O–H groups in total. The highest BCUT2D eigenvalue weighted by atomic mass is 32.1. The van der Waals surface area contributed by atoms with Crippen LogP contribution >= 0.6 is 11.3 Å². The highest BCUT2D eigenvalue weighted by molar-refractivity contribution is 7.15. The van der Waals surface area contributed by atoms with Crippen molar-refractivity contribution in [2.45, 2.75) is 39.5 Å². The van der Waals surface area contributed by atoms with Gasteiger partial charge in [0.1, 0.15) is 10.8 Å². The summed E-state index contributed by atoms with van der Waals surface area (Å²) in [5.41, 5.74) is 1.60. The first-order valence-electron chi connectivity index (χ1n) is 7.96. The van der Waals surface area contributed by atoms with Gasteiger partial charge in [0.05, 0.1) is 12.8 Å². The molecule has 2 aromatic rings. The largest absolute Gasteiger partial charge is 0.495 e. The van der Waals surface area contributed by atoms with Crippen LogP contribution in [0.15, 0.2) is 18.2 Å². The van der Waals surface area contributed by atoms with E-state index in [2.05, 4.69) is 20.8 Å². The first-order valence-corrected chi connectivity index (χ1v) is 8.78. The number of benzene rings is 1. The summed E-state index contributed by atoms with van der Waals surface area (Å²) in [7, 11) is 1.54. The zero-order valence-corrected chi connectivity index (χ0v) is 15.6. The van der Waals surface area contributed by atoms with Crippen LogP contribution in [0, 0.1) is 6.92 Å². The maximum absolute atomic E-state index is 12.1. The molecule has 0 unspecified atom stereocenters. The average Bonchev–Trinajstić information content (AvgIpc) is 3.02. The van der Waals surface area contributed by atoms with Crippen LogP contribution in [0.1, 0.15) is 43.2 Å². The molecule has 0 aliphatic rings. The van der Waals surface area contributed by atoms with Gasteiger partial charge >= 0.3 is 0 Å². The Labute approximate surface area is 150 Å². The quantitative estimate of drug-likeness (QED) is 0.788. The Morgan fingerprint density at radius 1 is 1.16 bits per heavy atom. The molecule has 0 aliphatic heterocycles. The van der Waals surface area contributed by atoms with E-state index in [1.807, 2.05) is 32.9 Å². The van der Waals surface area contributed by atoms with Crippen molar-refractivity contribution in [1.82, 2.24) is 10.2 Å². The van der Waals surface area contributed by atoms with Gasteiger partial charge in [-0.25, -0.2) is 0 Å². The second-order valence-electron chi connectivity index (χ2n) is 5.90. The van der Waals surface area contributed by atoms with Gasteiger partial charge in [-0.05, 0) is 24.6 Å². The summed E-state index contributed by atoms with van der Waals surface area (Å²) in [4.78, 5) is 24.0. The lowest BCUT2D eigenvalue weighted by Crippen LogP contribution is -2.17. The minimum absolute atomic E-state index is 0.0660. The fraction of sp³-hybridized carbons (Fsp3) is 0.412. The minimum atomic E-state index is -0.266. The number of amides is 2. The lowest BCUT2D eigenvalue weighted by atomic mass is 10.2. The Bertz CT molecular complexity index is 758. The van der Waals surface area contributed by atoms with E-state index in [0.717, 1.165) is 10.6 Å². The molecular weight excluding hydrogens is 340 g/mol. The number of carbonyl (C=O) groups excluding carboxylic acids is 2. The van der Waals surface area contributed by atoms with Crippen LogP contribution in [-0.4, -0.2) is 29.1 Å². The molecule has 25 heavy (non-hydrogen) atoms. The van der Waals surface area contributed by atoms with E-state index in [4.69, 9.17) is 4.74 Å². The van der Waals surface area contributed by atoms with Crippen molar-refractivity contribution < 1.29 is 14.3 Å². The van der Waals surface area contributed by atoms with Gasteiger partial charge in [0.2, 0.25) is 16.9 Å². The predicted octanol–water partition coefficient (Wildman–Crippen LogP) is 3.34. The summed E-state index contributed by atoms with van der Waals surface area (Å²) in [5.74, 6) is 0.328. The minimum Gasteiger partial charge on any atom is -0.495 e. The Morgan fingerprint density at radius 3 is 2.44 bits per heavy atom. The fourth-order valence-corrected chi connectivity index (χ4v) is 2.82. The molecule has 134 valence electrons. The summed E-state index contributed by atoms with van der Waals surface area (Å²) < 4.78 is 5.22. The monoisotopic (exact) mass is 362 g/mol. The molecule has 8 heteroatoms. The summed E-state index contributed by atoms with van der Waals surface area (Å²) in [6, 6.07) is 5.51. The molecule has 2 rings (SSSR count). The number of rotatable bonds is 7. The molecule has 1 heterocycles. The van der Waals surface area contributed by atoms with Crippen LogP contribution in [0.2, 0.25) is 0 Å². The number of aryl methyl sites for hydroxylation is 1. The number of nitrogens with one attached hydrogen (secondary N) is 2. The van der Waals surface area contributed by atoms with E-state index in [9.17, 15) is 9.59 Å². The molecule has 0 spiro atoms. The van der Waals surface area contributed by atoms with Crippen molar-refractivity contribution in [2.24, 2.45) is 0 Å². The van der Waals surface area contributed by atoms with Crippen molar-refractivity contribution in [1.29, 1.82) is 0 Å². The van der Waals surface area contributed by atoms with Crippen molar-refractivity contribution in [3.8, 4) is 5.75 Å². The second-order valence-corrected chi connectivity index (χ2v) is 6.91. The van der Waals surface area contributed by atoms with Gasteiger partial charge in [-0.1, -0.05) is 31.3 Å². The molecule has 1 aromatic carbocycles. The van der Waals surface area contributed by atoms with Crippen LogP contribution < -0.4 is 15.4 Å². The molecule has 0 radical (unpaired) electrons. The Balaban J connectivity index is 1.85. The van der Waals surface area contributed by atoms with Gasteiger partial charge in [-0.2, -0.15) is 0 Å². The number of methoxy groups -OCH3 is 1. The van der Waals surface area contributed by atoms with Gasteiger partial charge in [-0.3, -0.25) is 9.59 Å². The topological polar surface area (TPSA) is 93.2 Å². The van der Waals surface area contributed by atoms with Crippen molar-refractivity contribution >= 4 is 34.0 Å². The number of carbonyl (C=O) groups is 2. The van der Waals surface area contributed by atoms with Gasteiger partial charge in [0.15, 0.2) is 0 Å². The maximum atomic E-state index is 12.1. The van der Waals surface area contributed by atoms with Crippen molar-refractivity contribution in [3.05, 3.63) is 28.8 Å². The first kappa shape index (κ1) is 18.9. The normalized spacial score (nSPS) is 10.6. The smallest absolute Gasteiger partial charge is 0.226 e. The maximum Gasteiger partial charge on any atom is 0.226 e. The molecule has 1 aromatic heterocycles. The molecular formula is C17H22N4O3S. The average molecular weight is 362 g/mol.